The molecule has 0 saturated carbocycles. The number of ether oxygens (including phenoxy) is 1. The van der Waals surface area contributed by atoms with E-state index in [2.05, 4.69) is 61.2 Å². The van der Waals surface area contributed by atoms with Gasteiger partial charge in [0.05, 0.1) is 23.4 Å². The smallest absolute Gasteiger partial charge is 0.229 e. The zero-order valence-electron chi connectivity index (χ0n) is 19.6. The van der Waals surface area contributed by atoms with Crippen molar-refractivity contribution in [3.63, 3.8) is 0 Å². The van der Waals surface area contributed by atoms with E-state index in [1.807, 2.05) is 4.90 Å². The van der Waals surface area contributed by atoms with Crippen molar-refractivity contribution in [2.24, 2.45) is 0 Å². The van der Waals surface area contributed by atoms with Gasteiger partial charge in [-0.1, -0.05) is 48.1 Å². The number of amides is 1. The van der Waals surface area contributed by atoms with Crippen molar-refractivity contribution < 1.29 is 9.53 Å². The van der Waals surface area contributed by atoms with E-state index in [1.165, 1.54) is 16.0 Å². The molecule has 0 N–H and O–H groups in total. The first-order valence-electron chi connectivity index (χ1n) is 11.8. The van der Waals surface area contributed by atoms with Crippen molar-refractivity contribution in [1.82, 2.24) is 9.88 Å². The largest absolute Gasteiger partial charge is 0.379 e. The van der Waals surface area contributed by atoms with Crippen LogP contribution in [-0.4, -0.2) is 60.9 Å². The predicted octanol–water partition coefficient (Wildman–Crippen LogP) is 5.40. The first-order valence-corrected chi connectivity index (χ1v) is 13.6. The second-order valence-corrected chi connectivity index (χ2v) is 10.6. The number of hydrogen-bond acceptors (Lipinski definition) is 6. The van der Waals surface area contributed by atoms with Gasteiger partial charge in [-0.3, -0.25) is 14.6 Å². The zero-order chi connectivity index (χ0) is 23.0. The van der Waals surface area contributed by atoms with Crippen molar-refractivity contribution in [2.75, 3.05) is 50.0 Å². The molecular formula is C26H33N3O2S2. The molecule has 4 rings (SSSR count). The number of fused-ring (bicyclic) bond motifs is 1. The number of carbonyl (C=O) groups is 1. The van der Waals surface area contributed by atoms with E-state index < -0.39 is 0 Å². The molecule has 3 aromatic rings. The minimum absolute atomic E-state index is 0.161. The highest BCUT2D eigenvalue weighted by Gasteiger charge is 2.21. The Kier molecular flexibility index (Phi) is 8.78. The van der Waals surface area contributed by atoms with Crippen molar-refractivity contribution in [1.29, 1.82) is 0 Å². The zero-order valence-corrected chi connectivity index (χ0v) is 21.2. The van der Waals surface area contributed by atoms with Crippen molar-refractivity contribution in [2.45, 2.75) is 38.0 Å². The summed E-state index contributed by atoms with van der Waals surface area (Å²) in [6, 6.07) is 14.8. The van der Waals surface area contributed by atoms with Gasteiger partial charge in [0, 0.05) is 43.2 Å². The number of nitrogens with zero attached hydrogens (tertiary/aromatic N) is 3. The highest BCUT2D eigenvalue weighted by molar-refractivity contribution is 7.99. The average molecular weight is 484 g/mol. The van der Waals surface area contributed by atoms with E-state index in [-0.39, 0.29) is 5.91 Å². The van der Waals surface area contributed by atoms with Crippen LogP contribution in [0.3, 0.4) is 0 Å². The molecule has 0 spiro atoms. The van der Waals surface area contributed by atoms with E-state index in [0.29, 0.717) is 13.0 Å². The molecule has 1 aliphatic rings. The van der Waals surface area contributed by atoms with Crippen molar-refractivity contribution in [3.05, 3.63) is 53.6 Å². The maximum Gasteiger partial charge on any atom is 0.229 e. The summed E-state index contributed by atoms with van der Waals surface area (Å²) in [4.78, 5) is 23.8. The number of anilines is 1. The van der Waals surface area contributed by atoms with Gasteiger partial charge < -0.3 is 4.74 Å². The Labute approximate surface area is 205 Å². The number of para-hydroxylation sites is 1. The molecule has 176 valence electrons. The molecule has 33 heavy (non-hydrogen) atoms. The lowest BCUT2D eigenvalue weighted by molar-refractivity contribution is -0.118. The lowest BCUT2D eigenvalue weighted by Gasteiger charge is -2.27. The number of benzene rings is 2. The third-order valence-corrected chi connectivity index (χ3v) is 8.03. The highest BCUT2D eigenvalue weighted by atomic mass is 32.2. The van der Waals surface area contributed by atoms with E-state index >= 15 is 0 Å². The fourth-order valence-electron chi connectivity index (χ4n) is 4.02. The van der Waals surface area contributed by atoms with Crippen LogP contribution in [-0.2, 0) is 16.0 Å². The number of thioether (sulfide) groups is 1. The third-order valence-electron chi connectivity index (χ3n) is 5.97. The molecule has 7 heteroatoms. The Morgan fingerprint density at radius 3 is 2.73 bits per heavy atom. The lowest BCUT2D eigenvalue weighted by Crippen LogP contribution is -2.39. The fourth-order valence-corrected chi connectivity index (χ4v) is 5.92. The molecule has 1 aromatic heterocycles. The monoisotopic (exact) mass is 483 g/mol. The van der Waals surface area contributed by atoms with Crippen LogP contribution >= 0.6 is 23.1 Å². The molecule has 1 amide bonds. The Morgan fingerprint density at radius 2 is 1.97 bits per heavy atom. The number of morpholine rings is 1. The first kappa shape index (κ1) is 24.2. The Bertz CT molecular complexity index is 1050. The van der Waals surface area contributed by atoms with E-state index in [0.717, 1.165) is 66.8 Å². The molecule has 0 aliphatic carbocycles. The topological polar surface area (TPSA) is 45.7 Å². The third kappa shape index (κ3) is 6.57. The second kappa shape index (κ2) is 12.0. The number of carbonyl (C=O) groups excluding carboxylic acids is 1. The standard InChI is InChI=1S/C26H33N3O2S2/c1-3-21-6-4-7-23-25(21)27-26(33-23)29(14-5-13-28-15-17-31-18-16-28)24(30)12-19-32-22-10-8-20(2)9-11-22/h4,6-11H,3,5,12-19H2,1-2H3. The summed E-state index contributed by atoms with van der Waals surface area (Å²) in [6.45, 7) is 9.48. The van der Waals surface area contributed by atoms with Crippen LogP contribution in [0.2, 0.25) is 0 Å². The number of hydrogen-bond donors (Lipinski definition) is 0. The Morgan fingerprint density at radius 1 is 1.18 bits per heavy atom. The van der Waals surface area contributed by atoms with E-state index in [1.54, 1.807) is 23.1 Å². The summed E-state index contributed by atoms with van der Waals surface area (Å²) in [5.74, 6) is 0.932. The van der Waals surface area contributed by atoms with Crippen LogP contribution in [0, 0.1) is 6.92 Å². The molecule has 0 bridgehead atoms. The van der Waals surface area contributed by atoms with Crippen molar-refractivity contribution in [3.8, 4) is 0 Å². The summed E-state index contributed by atoms with van der Waals surface area (Å²) < 4.78 is 6.62. The molecule has 1 saturated heterocycles. The molecule has 0 unspecified atom stereocenters. The van der Waals surface area contributed by atoms with Gasteiger partial charge in [0.2, 0.25) is 5.91 Å². The molecule has 5 nitrogen and oxygen atoms in total. The van der Waals surface area contributed by atoms with Gasteiger partial charge in [0.15, 0.2) is 5.13 Å². The molecule has 1 fully saturated rings. The minimum Gasteiger partial charge on any atom is -0.379 e. The summed E-state index contributed by atoms with van der Waals surface area (Å²) in [5, 5.41) is 0.832. The molecule has 1 aliphatic heterocycles. The Hall–Kier alpha value is -1.93. The summed E-state index contributed by atoms with van der Waals surface area (Å²) in [6.07, 6.45) is 2.39. The molecule has 2 aromatic carbocycles. The van der Waals surface area contributed by atoms with Gasteiger partial charge in [-0.2, -0.15) is 0 Å². The second-order valence-electron chi connectivity index (χ2n) is 8.38. The number of thiazole rings is 1. The summed E-state index contributed by atoms with van der Waals surface area (Å²) >= 11 is 3.38. The summed E-state index contributed by atoms with van der Waals surface area (Å²) in [5.41, 5.74) is 3.54. The molecule has 0 atom stereocenters. The predicted molar refractivity (Wildman–Crippen MR) is 140 cm³/mol. The number of aromatic nitrogens is 1. The van der Waals surface area contributed by atoms with Gasteiger partial charge in [0.25, 0.3) is 0 Å². The van der Waals surface area contributed by atoms with Crippen LogP contribution in [0.15, 0.2) is 47.4 Å². The number of rotatable bonds is 10. The lowest BCUT2D eigenvalue weighted by atomic mass is 10.1. The SMILES string of the molecule is CCc1cccc2sc(N(CCCN3CCOCC3)C(=O)CCSc3ccc(C)cc3)nc12. The average Bonchev–Trinajstić information content (AvgIpc) is 3.27. The van der Waals surface area contributed by atoms with Gasteiger partial charge in [-0.05, 0) is 43.5 Å². The quantitative estimate of drug-likeness (QED) is 0.361. The van der Waals surface area contributed by atoms with Gasteiger partial charge in [-0.25, -0.2) is 4.98 Å². The maximum absolute atomic E-state index is 13.3. The van der Waals surface area contributed by atoms with Crippen LogP contribution in [0.25, 0.3) is 10.2 Å². The van der Waals surface area contributed by atoms with Gasteiger partial charge in [0.1, 0.15) is 0 Å². The maximum atomic E-state index is 13.3. The summed E-state index contributed by atoms with van der Waals surface area (Å²) in [7, 11) is 0. The van der Waals surface area contributed by atoms with Gasteiger partial charge in [-0.15, -0.1) is 11.8 Å². The van der Waals surface area contributed by atoms with Crippen LogP contribution in [0.4, 0.5) is 5.13 Å². The fraction of sp³-hybridized carbons (Fsp3) is 0.462. The van der Waals surface area contributed by atoms with Crippen molar-refractivity contribution >= 4 is 44.4 Å². The number of aryl methyl sites for hydroxylation is 2. The molecular weight excluding hydrogens is 450 g/mol. The van der Waals surface area contributed by atoms with Crippen LogP contribution in [0.5, 0.6) is 0 Å². The van der Waals surface area contributed by atoms with Crippen LogP contribution in [0.1, 0.15) is 30.9 Å². The molecule has 2 heterocycles. The highest BCUT2D eigenvalue weighted by Crippen LogP contribution is 2.32. The Balaban J connectivity index is 1.44. The van der Waals surface area contributed by atoms with E-state index in [9.17, 15) is 4.79 Å². The molecule has 0 radical (unpaired) electrons. The van der Waals surface area contributed by atoms with Gasteiger partial charge >= 0.3 is 0 Å². The first-order chi connectivity index (χ1) is 16.1. The van der Waals surface area contributed by atoms with E-state index in [4.69, 9.17) is 9.72 Å². The normalized spacial score (nSPS) is 14.6. The van der Waals surface area contributed by atoms with Crippen LogP contribution < -0.4 is 4.90 Å². The minimum atomic E-state index is 0.161.